The predicted octanol–water partition coefficient (Wildman–Crippen LogP) is 2.01. The van der Waals surface area contributed by atoms with Gasteiger partial charge in [0.15, 0.2) is 0 Å². The van der Waals surface area contributed by atoms with Crippen LogP contribution in [0.15, 0.2) is 34.1 Å². The summed E-state index contributed by atoms with van der Waals surface area (Å²) in [6, 6.07) is 3.35. The van der Waals surface area contributed by atoms with E-state index in [0.717, 1.165) is 25.2 Å². The van der Waals surface area contributed by atoms with E-state index in [0.29, 0.717) is 10.8 Å². The van der Waals surface area contributed by atoms with E-state index in [4.69, 9.17) is 0 Å². The van der Waals surface area contributed by atoms with Crippen LogP contribution in [0.1, 0.15) is 18.7 Å². The van der Waals surface area contributed by atoms with Gasteiger partial charge in [0.2, 0.25) is 10.0 Å². The lowest BCUT2D eigenvalue weighted by Crippen LogP contribution is -2.24. The van der Waals surface area contributed by atoms with Crippen LogP contribution in [0.4, 0.5) is 0 Å². The molecule has 19 heavy (non-hydrogen) atoms. The zero-order chi connectivity index (χ0) is 13.7. The third-order valence-electron chi connectivity index (χ3n) is 2.80. The summed E-state index contributed by atoms with van der Waals surface area (Å²) in [5.74, 6) is 0.985. The number of aryl methyl sites for hydroxylation is 2. The molecule has 2 rings (SSSR count). The minimum absolute atomic E-state index is 0.373. The van der Waals surface area contributed by atoms with Crippen LogP contribution >= 0.6 is 11.3 Å². The topological polar surface area (TPSA) is 64.0 Å². The summed E-state index contributed by atoms with van der Waals surface area (Å²) in [4.78, 5) is 4.14. The Balaban J connectivity index is 1.71. The quantitative estimate of drug-likeness (QED) is 0.795. The minimum Gasteiger partial charge on any atom is -0.335 e. The van der Waals surface area contributed by atoms with Crippen LogP contribution in [0.5, 0.6) is 0 Å². The predicted molar refractivity (Wildman–Crippen MR) is 75.7 cm³/mol. The highest BCUT2D eigenvalue weighted by atomic mass is 32.2. The number of sulfonamides is 1. The molecule has 0 radical (unpaired) electrons. The molecule has 0 saturated carbocycles. The van der Waals surface area contributed by atoms with Crippen molar-refractivity contribution in [2.75, 3.05) is 6.54 Å². The smallest absolute Gasteiger partial charge is 0.250 e. The van der Waals surface area contributed by atoms with Crippen molar-refractivity contribution in [1.82, 2.24) is 14.3 Å². The number of rotatable bonds is 7. The SMILES string of the molecule is Cc1nccn1CCCCNS(=O)(=O)c1cccs1. The van der Waals surface area contributed by atoms with Gasteiger partial charge >= 0.3 is 0 Å². The highest BCUT2D eigenvalue weighted by Crippen LogP contribution is 2.15. The molecule has 2 aromatic heterocycles. The fraction of sp³-hybridized carbons (Fsp3) is 0.417. The third kappa shape index (κ3) is 3.89. The Bertz CT molecular complexity index is 603. The first-order chi connectivity index (χ1) is 9.09. The first-order valence-corrected chi connectivity index (χ1v) is 8.47. The molecule has 0 aliphatic heterocycles. The summed E-state index contributed by atoms with van der Waals surface area (Å²) in [5, 5.41) is 1.76. The van der Waals surface area contributed by atoms with E-state index in [1.54, 1.807) is 23.7 Å². The first kappa shape index (κ1) is 14.2. The van der Waals surface area contributed by atoms with Gasteiger partial charge in [-0.05, 0) is 31.2 Å². The summed E-state index contributed by atoms with van der Waals surface area (Å²) < 4.78 is 28.7. The number of imidazole rings is 1. The van der Waals surface area contributed by atoms with E-state index in [9.17, 15) is 8.42 Å². The molecule has 104 valence electrons. The number of nitrogens with zero attached hydrogens (tertiary/aromatic N) is 2. The molecule has 2 aromatic rings. The van der Waals surface area contributed by atoms with Crippen LogP contribution in [0.2, 0.25) is 0 Å². The standard InChI is InChI=1S/C12H17N3O2S2/c1-11-13-7-9-15(11)8-3-2-6-14-19(16,17)12-5-4-10-18-12/h4-5,7,9-10,14H,2-3,6,8H2,1H3. The van der Waals surface area contributed by atoms with Crippen LogP contribution in [-0.2, 0) is 16.6 Å². The summed E-state index contributed by atoms with van der Waals surface area (Å²) >= 11 is 1.23. The van der Waals surface area contributed by atoms with Crippen LogP contribution in [-0.4, -0.2) is 24.5 Å². The van der Waals surface area contributed by atoms with Crippen molar-refractivity contribution < 1.29 is 8.42 Å². The van der Waals surface area contributed by atoms with Gasteiger partial charge in [-0.15, -0.1) is 11.3 Å². The van der Waals surface area contributed by atoms with Crippen LogP contribution < -0.4 is 4.72 Å². The highest BCUT2D eigenvalue weighted by molar-refractivity contribution is 7.91. The molecular formula is C12H17N3O2S2. The van der Waals surface area contributed by atoms with E-state index >= 15 is 0 Å². The van der Waals surface area contributed by atoms with Gasteiger partial charge < -0.3 is 4.57 Å². The van der Waals surface area contributed by atoms with Gasteiger partial charge in [0, 0.05) is 25.5 Å². The molecule has 0 unspecified atom stereocenters. The van der Waals surface area contributed by atoms with Crippen molar-refractivity contribution in [3.63, 3.8) is 0 Å². The molecule has 5 nitrogen and oxygen atoms in total. The largest absolute Gasteiger partial charge is 0.335 e. The third-order valence-corrected chi connectivity index (χ3v) is 5.66. The number of nitrogens with one attached hydrogen (secondary N) is 1. The average molecular weight is 299 g/mol. The summed E-state index contributed by atoms with van der Waals surface area (Å²) in [5.41, 5.74) is 0. The highest BCUT2D eigenvalue weighted by Gasteiger charge is 2.13. The second-order valence-corrected chi connectivity index (χ2v) is 7.15. The second-order valence-electron chi connectivity index (χ2n) is 4.20. The van der Waals surface area contributed by atoms with Crippen molar-refractivity contribution in [3.05, 3.63) is 35.7 Å². The zero-order valence-electron chi connectivity index (χ0n) is 10.7. The summed E-state index contributed by atoms with van der Waals surface area (Å²) in [6.45, 7) is 3.29. The van der Waals surface area contributed by atoms with Gasteiger partial charge in [-0.1, -0.05) is 6.07 Å². The molecule has 7 heteroatoms. The van der Waals surface area contributed by atoms with Crippen LogP contribution in [0.25, 0.3) is 0 Å². The number of thiophene rings is 1. The van der Waals surface area contributed by atoms with Crippen molar-refractivity contribution >= 4 is 21.4 Å². The van der Waals surface area contributed by atoms with Gasteiger partial charge in [0.25, 0.3) is 0 Å². The number of aromatic nitrogens is 2. The van der Waals surface area contributed by atoms with Crippen molar-refractivity contribution in [2.45, 2.75) is 30.5 Å². The maximum Gasteiger partial charge on any atom is 0.250 e. The van der Waals surface area contributed by atoms with Crippen molar-refractivity contribution in [2.24, 2.45) is 0 Å². The maximum absolute atomic E-state index is 11.8. The molecule has 0 bridgehead atoms. The number of hydrogen-bond acceptors (Lipinski definition) is 4. The molecule has 0 spiro atoms. The summed E-state index contributed by atoms with van der Waals surface area (Å²) in [7, 11) is -3.31. The Morgan fingerprint density at radius 1 is 1.42 bits per heavy atom. The molecule has 1 N–H and O–H groups in total. The molecule has 0 amide bonds. The molecule has 0 fully saturated rings. The monoisotopic (exact) mass is 299 g/mol. The Labute approximate surface area is 117 Å². The molecule has 0 aromatic carbocycles. The Morgan fingerprint density at radius 3 is 2.89 bits per heavy atom. The Hall–Kier alpha value is -1.18. The van der Waals surface area contributed by atoms with E-state index in [1.165, 1.54) is 11.3 Å². The van der Waals surface area contributed by atoms with Gasteiger partial charge in [-0.25, -0.2) is 18.1 Å². The summed E-state index contributed by atoms with van der Waals surface area (Å²) in [6.07, 6.45) is 5.44. The lowest BCUT2D eigenvalue weighted by molar-refractivity contribution is 0.564. The van der Waals surface area contributed by atoms with Crippen molar-refractivity contribution in [3.8, 4) is 0 Å². The molecule has 0 aliphatic carbocycles. The lowest BCUT2D eigenvalue weighted by atomic mass is 10.3. The van der Waals surface area contributed by atoms with Gasteiger partial charge in [-0.2, -0.15) is 0 Å². The zero-order valence-corrected chi connectivity index (χ0v) is 12.4. The van der Waals surface area contributed by atoms with E-state index < -0.39 is 10.0 Å². The van der Waals surface area contributed by atoms with Crippen LogP contribution in [0, 0.1) is 6.92 Å². The van der Waals surface area contributed by atoms with E-state index in [2.05, 4.69) is 14.3 Å². The maximum atomic E-state index is 11.8. The fourth-order valence-electron chi connectivity index (χ4n) is 1.74. The average Bonchev–Trinajstić information content (AvgIpc) is 3.01. The van der Waals surface area contributed by atoms with Gasteiger partial charge in [0.05, 0.1) is 0 Å². The van der Waals surface area contributed by atoms with Gasteiger partial charge in [0.1, 0.15) is 10.0 Å². The fourth-order valence-corrected chi connectivity index (χ4v) is 3.85. The van der Waals surface area contributed by atoms with E-state index in [1.807, 2.05) is 13.1 Å². The normalized spacial score (nSPS) is 11.8. The first-order valence-electron chi connectivity index (χ1n) is 6.10. The Kier molecular flexibility index (Phi) is 4.73. The molecule has 2 heterocycles. The van der Waals surface area contributed by atoms with Gasteiger partial charge in [-0.3, -0.25) is 0 Å². The van der Waals surface area contributed by atoms with Crippen LogP contribution in [0.3, 0.4) is 0 Å². The second kappa shape index (κ2) is 6.31. The number of hydrogen-bond donors (Lipinski definition) is 1. The molecular weight excluding hydrogens is 282 g/mol. The minimum atomic E-state index is -3.31. The lowest BCUT2D eigenvalue weighted by Gasteiger charge is -2.06. The molecule has 0 aliphatic rings. The Morgan fingerprint density at radius 2 is 2.26 bits per heavy atom. The number of unbranched alkanes of at least 4 members (excludes halogenated alkanes) is 1. The van der Waals surface area contributed by atoms with E-state index in [-0.39, 0.29) is 0 Å². The molecule has 0 atom stereocenters. The molecule has 0 saturated heterocycles. The van der Waals surface area contributed by atoms with Crippen molar-refractivity contribution in [1.29, 1.82) is 0 Å².